The van der Waals surface area contributed by atoms with Crippen molar-refractivity contribution in [3.63, 3.8) is 0 Å². The van der Waals surface area contributed by atoms with Gasteiger partial charge in [0.15, 0.2) is 0 Å². The topological polar surface area (TPSA) is 33.6 Å². The summed E-state index contributed by atoms with van der Waals surface area (Å²) in [7, 11) is 0. The number of nitrogens with zero attached hydrogens (tertiary/aromatic N) is 1. The van der Waals surface area contributed by atoms with E-state index in [1.807, 2.05) is 0 Å². The first-order valence-corrected chi connectivity index (χ1v) is 5.27. The van der Waals surface area contributed by atoms with E-state index in [-0.39, 0.29) is 0 Å². The van der Waals surface area contributed by atoms with Gasteiger partial charge in [-0.3, -0.25) is 4.99 Å². The van der Waals surface area contributed by atoms with Crippen molar-refractivity contribution in [2.24, 2.45) is 10.9 Å². The summed E-state index contributed by atoms with van der Waals surface area (Å²) in [5.74, 6) is 1.86. The summed E-state index contributed by atoms with van der Waals surface area (Å²) in [4.78, 5) is 4.67. The first-order chi connectivity index (χ1) is 6.35. The maximum atomic E-state index is 5.34. The Hall–Kier alpha value is -0.570. The summed E-state index contributed by atoms with van der Waals surface area (Å²) in [5, 5.41) is 3.48. The molecule has 3 heteroatoms. The highest BCUT2D eigenvalue weighted by Gasteiger charge is 2.35. The van der Waals surface area contributed by atoms with Crippen LogP contribution in [0.15, 0.2) is 4.99 Å². The van der Waals surface area contributed by atoms with Crippen molar-refractivity contribution < 1.29 is 4.74 Å². The van der Waals surface area contributed by atoms with Crippen molar-refractivity contribution in [1.82, 2.24) is 5.32 Å². The van der Waals surface area contributed by atoms with E-state index < -0.39 is 0 Å². The van der Waals surface area contributed by atoms with Gasteiger partial charge in [0.1, 0.15) is 5.84 Å². The molecule has 0 spiro atoms. The molecule has 2 aliphatic heterocycles. The summed E-state index contributed by atoms with van der Waals surface area (Å²) >= 11 is 0. The van der Waals surface area contributed by atoms with Crippen LogP contribution in [-0.2, 0) is 4.74 Å². The van der Waals surface area contributed by atoms with Crippen LogP contribution in [0.25, 0.3) is 0 Å². The van der Waals surface area contributed by atoms with Gasteiger partial charge in [-0.15, -0.1) is 0 Å². The van der Waals surface area contributed by atoms with Gasteiger partial charge in [-0.05, 0) is 12.8 Å². The predicted molar refractivity (Wildman–Crippen MR) is 53.0 cm³/mol. The predicted octanol–water partition coefficient (Wildman–Crippen LogP) is 1.19. The van der Waals surface area contributed by atoms with E-state index in [0.29, 0.717) is 18.0 Å². The number of aliphatic imine (C=N–C) groups is 1. The third-order valence-corrected chi connectivity index (χ3v) is 3.06. The van der Waals surface area contributed by atoms with E-state index in [0.717, 1.165) is 13.2 Å². The smallest absolute Gasteiger partial charge is 0.100 e. The van der Waals surface area contributed by atoms with Crippen LogP contribution in [0.5, 0.6) is 0 Å². The minimum Gasteiger partial charge on any atom is -0.377 e. The van der Waals surface area contributed by atoms with Crippen molar-refractivity contribution in [2.45, 2.75) is 38.8 Å². The van der Waals surface area contributed by atoms with Gasteiger partial charge in [0, 0.05) is 5.92 Å². The van der Waals surface area contributed by atoms with E-state index in [4.69, 9.17) is 4.74 Å². The van der Waals surface area contributed by atoms with Gasteiger partial charge in [-0.25, -0.2) is 0 Å². The number of ether oxygens (including phenoxy) is 1. The monoisotopic (exact) mass is 182 g/mol. The Morgan fingerprint density at radius 2 is 2.23 bits per heavy atom. The molecule has 1 fully saturated rings. The maximum absolute atomic E-state index is 5.34. The molecule has 0 amide bonds. The highest BCUT2D eigenvalue weighted by molar-refractivity contribution is 5.86. The third-order valence-electron chi connectivity index (χ3n) is 3.06. The summed E-state index contributed by atoms with van der Waals surface area (Å²) in [6, 6.07) is 0.867. The summed E-state index contributed by atoms with van der Waals surface area (Å²) in [6.07, 6.45) is 2.37. The van der Waals surface area contributed by atoms with E-state index in [2.05, 4.69) is 24.2 Å². The molecule has 2 heterocycles. The zero-order valence-electron chi connectivity index (χ0n) is 8.42. The molecule has 3 nitrogen and oxygen atoms in total. The lowest BCUT2D eigenvalue weighted by molar-refractivity contribution is 0.188. The molecule has 2 unspecified atom stereocenters. The minimum absolute atomic E-state index is 0.399. The molecule has 1 N–H and O–H groups in total. The highest BCUT2D eigenvalue weighted by Crippen LogP contribution is 2.20. The Morgan fingerprint density at radius 3 is 2.85 bits per heavy atom. The van der Waals surface area contributed by atoms with E-state index in [9.17, 15) is 0 Å². The van der Waals surface area contributed by atoms with Gasteiger partial charge >= 0.3 is 0 Å². The third kappa shape index (κ3) is 1.57. The number of hydrogen-bond acceptors (Lipinski definition) is 3. The molecule has 2 rings (SSSR count). The average Bonchev–Trinajstić information content (AvgIpc) is 2.65. The van der Waals surface area contributed by atoms with Gasteiger partial charge in [0.2, 0.25) is 0 Å². The van der Waals surface area contributed by atoms with Crippen molar-refractivity contribution >= 4 is 5.84 Å². The number of hydrogen-bond donors (Lipinski definition) is 1. The van der Waals surface area contributed by atoms with Crippen LogP contribution in [-0.4, -0.2) is 31.1 Å². The molecule has 2 atom stereocenters. The van der Waals surface area contributed by atoms with E-state index in [1.165, 1.54) is 18.7 Å². The lowest BCUT2D eigenvalue weighted by atomic mass is 10.0. The molecule has 74 valence electrons. The van der Waals surface area contributed by atoms with Crippen LogP contribution in [0.4, 0.5) is 0 Å². The van der Waals surface area contributed by atoms with E-state index >= 15 is 0 Å². The molecule has 0 saturated carbocycles. The highest BCUT2D eigenvalue weighted by atomic mass is 16.5. The van der Waals surface area contributed by atoms with Crippen LogP contribution in [0.2, 0.25) is 0 Å². The fourth-order valence-electron chi connectivity index (χ4n) is 2.11. The number of nitrogens with one attached hydrogen (secondary N) is 1. The normalized spacial score (nSPS) is 31.8. The second-order valence-corrected chi connectivity index (χ2v) is 3.88. The van der Waals surface area contributed by atoms with Crippen molar-refractivity contribution in [2.75, 3.05) is 13.2 Å². The largest absolute Gasteiger partial charge is 0.377 e. The Kier molecular flexibility index (Phi) is 2.54. The van der Waals surface area contributed by atoms with Crippen LogP contribution >= 0.6 is 0 Å². The van der Waals surface area contributed by atoms with Crippen LogP contribution in [0.3, 0.4) is 0 Å². The fourth-order valence-corrected chi connectivity index (χ4v) is 2.11. The molecule has 0 radical (unpaired) electrons. The van der Waals surface area contributed by atoms with Crippen molar-refractivity contribution in [3.05, 3.63) is 0 Å². The van der Waals surface area contributed by atoms with E-state index in [1.54, 1.807) is 0 Å². The lowest BCUT2D eigenvalue weighted by Gasteiger charge is -2.14. The molecule has 1 saturated heterocycles. The van der Waals surface area contributed by atoms with Gasteiger partial charge in [0.05, 0.1) is 25.3 Å². The van der Waals surface area contributed by atoms with Crippen LogP contribution in [0.1, 0.15) is 26.7 Å². The second kappa shape index (κ2) is 3.66. The Bertz CT molecular complexity index is 211. The Balaban J connectivity index is 2.01. The summed E-state index contributed by atoms with van der Waals surface area (Å²) < 4.78 is 5.34. The molecule has 0 bridgehead atoms. The van der Waals surface area contributed by atoms with Crippen LogP contribution < -0.4 is 5.32 Å². The molecule has 0 aromatic carbocycles. The average molecular weight is 182 g/mol. The molecular formula is C10H18N2O. The molecule has 2 aliphatic rings. The SMILES string of the molecule is CCC(CC)C1=NC2COCC2N1. The standard InChI is InChI=1S/C10H18N2O/c1-3-7(4-2)10-11-8-5-13-6-9(8)12-10/h7-9H,3-6H2,1-2H3,(H,11,12). The minimum atomic E-state index is 0.399. The van der Waals surface area contributed by atoms with Gasteiger partial charge in [-0.1, -0.05) is 13.8 Å². The number of amidine groups is 1. The molecule has 0 aromatic heterocycles. The quantitative estimate of drug-likeness (QED) is 0.711. The van der Waals surface area contributed by atoms with Gasteiger partial charge in [-0.2, -0.15) is 0 Å². The van der Waals surface area contributed by atoms with Gasteiger partial charge in [0.25, 0.3) is 0 Å². The number of rotatable bonds is 3. The summed E-state index contributed by atoms with van der Waals surface area (Å²) in [5.41, 5.74) is 0. The van der Waals surface area contributed by atoms with Crippen molar-refractivity contribution in [1.29, 1.82) is 0 Å². The first-order valence-electron chi connectivity index (χ1n) is 5.27. The number of fused-ring (bicyclic) bond motifs is 1. The fraction of sp³-hybridized carbons (Fsp3) is 0.900. The molecule has 0 aromatic rings. The lowest BCUT2D eigenvalue weighted by Crippen LogP contribution is -2.36. The molecular weight excluding hydrogens is 164 g/mol. The first kappa shape index (κ1) is 9.00. The maximum Gasteiger partial charge on any atom is 0.100 e. The van der Waals surface area contributed by atoms with Crippen LogP contribution in [0, 0.1) is 5.92 Å². The second-order valence-electron chi connectivity index (χ2n) is 3.88. The van der Waals surface area contributed by atoms with Crippen molar-refractivity contribution in [3.8, 4) is 0 Å². The summed E-state index contributed by atoms with van der Waals surface area (Å²) in [6.45, 7) is 6.09. The Morgan fingerprint density at radius 1 is 1.46 bits per heavy atom. The molecule has 13 heavy (non-hydrogen) atoms. The zero-order chi connectivity index (χ0) is 9.26. The molecule has 0 aliphatic carbocycles. The van der Waals surface area contributed by atoms with Gasteiger partial charge < -0.3 is 10.1 Å². The zero-order valence-corrected chi connectivity index (χ0v) is 8.42. The Labute approximate surface area is 79.6 Å².